The summed E-state index contributed by atoms with van der Waals surface area (Å²) in [4.78, 5) is 15.6. The molecular weight excluding hydrogens is 184 g/mol. The van der Waals surface area contributed by atoms with Gasteiger partial charge >= 0.3 is 5.97 Å². The molecule has 0 fully saturated rings. The van der Waals surface area contributed by atoms with Gasteiger partial charge in [0, 0.05) is 17.5 Å². The fraction of sp³-hybridized carbons (Fsp3) is 0.875. The van der Waals surface area contributed by atoms with Crippen LogP contribution >= 0.6 is 0 Å². The second-order valence-corrected chi connectivity index (χ2v) is 3.28. The number of azide groups is 1. The molecular formula is C8H16N4O2. The summed E-state index contributed by atoms with van der Waals surface area (Å²) in [7, 11) is 3.80. The Kier molecular flexibility index (Phi) is 6.53. The predicted octanol–water partition coefficient (Wildman–Crippen LogP) is 1.18. The number of rotatable bonds is 6. The Labute approximate surface area is 83.5 Å². The van der Waals surface area contributed by atoms with E-state index in [-0.39, 0.29) is 18.4 Å². The van der Waals surface area contributed by atoms with Crippen molar-refractivity contribution in [3.63, 3.8) is 0 Å². The van der Waals surface area contributed by atoms with Crippen molar-refractivity contribution < 1.29 is 9.53 Å². The minimum Gasteiger partial charge on any atom is -0.464 e. The summed E-state index contributed by atoms with van der Waals surface area (Å²) in [6.07, 6.45) is 0.136. The zero-order valence-corrected chi connectivity index (χ0v) is 8.80. The average Bonchev–Trinajstić information content (AvgIpc) is 2.03. The van der Waals surface area contributed by atoms with Crippen molar-refractivity contribution in [2.45, 2.75) is 19.4 Å². The van der Waals surface area contributed by atoms with E-state index in [0.29, 0.717) is 13.2 Å². The number of carbonyl (C=O) groups is 1. The van der Waals surface area contributed by atoms with Crippen molar-refractivity contribution in [2.24, 2.45) is 5.11 Å². The maximum Gasteiger partial charge on any atom is 0.306 e. The Morgan fingerprint density at radius 1 is 1.64 bits per heavy atom. The molecule has 0 aliphatic heterocycles. The van der Waals surface area contributed by atoms with E-state index in [0.717, 1.165) is 0 Å². The van der Waals surface area contributed by atoms with Crippen LogP contribution in [-0.4, -0.2) is 44.2 Å². The summed E-state index contributed by atoms with van der Waals surface area (Å²) >= 11 is 0. The fourth-order valence-electron chi connectivity index (χ4n) is 0.771. The van der Waals surface area contributed by atoms with E-state index in [9.17, 15) is 4.79 Å². The average molecular weight is 200 g/mol. The first-order valence-corrected chi connectivity index (χ1v) is 4.40. The smallest absolute Gasteiger partial charge is 0.306 e. The molecule has 0 aromatic heterocycles. The van der Waals surface area contributed by atoms with Gasteiger partial charge in [0.2, 0.25) is 0 Å². The zero-order valence-electron chi connectivity index (χ0n) is 8.80. The largest absolute Gasteiger partial charge is 0.464 e. The number of likely N-dealkylation sites (N-methyl/N-ethyl adjacent to an activating group) is 1. The van der Waals surface area contributed by atoms with Crippen LogP contribution in [0.5, 0.6) is 0 Å². The van der Waals surface area contributed by atoms with Crippen LogP contribution in [0.15, 0.2) is 5.11 Å². The summed E-state index contributed by atoms with van der Waals surface area (Å²) in [5, 5.41) is 3.38. The number of nitrogens with zero attached hydrogens (tertiary/aromatic N) is 4. The predicted molar refractivity (Wildman–Crippen MR) is 52.7 cm³/mol. The molecule has 0 saturated heterocycles. The molecule has 0 aliphatic rings. The van der Waals surface area contributed by atoms with Crippen molar-refractivity contribution >= 4 is 5.97 Å². The number of hydrogen-bond donors (Lipinski definition) is 0. The topological polar surface area (TPSA) is 78.3 Å². The fourth-order valence-corrected chi connectivity index (χ4v) is 0.771. The first-order valence-electron chi connectivity index (χ1n) is 4.40. The molecule has 6 nitrogen and oxygen atoms in total. The molecule has 0 heterocycles. The summed E-state index contributed by atoms with van der Waals surface area (Å²) in [6.45, 7) is 2.74. The Balaban J connectivity index is 3.60. The van der Waals surface area contributed by atoms with Crippen LogP contribution in [0.1, 0.15) is 13.3 Å². The number of esters is 1. The van der Waals surface area contributed by atoms with E-state index in [1.165, 1.54) is 0 Å². The maximum atomic E-state index is 11.1. The molecule has 0 saturated carbocycles. The van der Waals surface area contributed by atoms with Crippen molar-refractivity contribution in [3.8, 4) is 0 Å². The Morgan fingerprint density at radius 2 is 2.29 bits per heavy atom. The first kappa shape index (κ1) is 12.7. The van der Waals surface area contributed by atoms with Gasteiger partial charge in [0.15, 0.2) is 0 Å². The molecule has 6 heteroatoms. The molecule has 0 amide bonds. The van der Waals surface area contributed by atoms with E-state index >= 15 is 0 Å². The second kappa shape index (κ2) is 7.17. The lowest BCUT2D eigenvalue weighted by Crippen LogP contribution is -2.21. The van der Waals surface area contributed by atoms with E-state index in [1.807, 2.05) is 19.0 Å². The number of hydrogen-bond acceptors (Lipinski definition) is 4. The SMILES string of the molecule is CC(CC(=O)OCCN(C)C)N=[N+]=[N-]. The van der Waals surface area contributed by atoms with Gasteiger partial charge in [-0.25, -0.2) is 0 Å². The minimum atomic E-state index is -0.341. The lowest BCUT2D eigenvalue weighted by atomic mass is 10.2. The van der Waals surface area contributed by atoms with Gasteiger partial charge in [0.05, 0.1) is 6.42 Å². The summed E-state index contributed by atoms with van der Waals surface area (Å²) in [6, 6.07) is -0.341. The molecule has 0 N–H and O–H groups in total. The van der Waals surface area contributed by atoms with Gasteiger partial charge in [0.25, 0.3) is 0 Å². The highest BCUT2D eigenvalue weighted by molar-refractivity contribution is 5.70. The van der Waals surface area contributed by atoms with Crippen molar-refractivity contribution in [1.29, 1.82) is 0 Å². The van der Waals surface area contributed by atoms with Gasteiger partial charge in [-0.2, -0.15) is 0 Å². The molecule has 0 radical (unpaired) electrons. The zero-order chi connectivity index (χ0) is 11.0. The summed E-state index contributed by atoms with van der Waals surface area (Å²) < 4.78 is 4.91. The highest BCUT2D eigenvalue weighted by Gasteiger charge is 2.08. The van der Waals surface area contributed by atoms with Crippen LogP contribution in [0.4, 0.5) is 0 Å². The summed E-state index contributed by atoms with van der Waals surface area (Å²) in [5.74, 6) is -0.327. The minimum absolute atomic E-state index is 0.136. The normalized spacial score (nSPS) is 12.0. The van der Waals surface area contributed by atoms with Crippen molar-refractivity contribution in [2.75, 3.05) is 27.2 Å². The van der Waals surface area contributed by atoms with Crippen LogP contribution in [0, 0.1) is 0 Å². The third-order valence-electron chi connectivity index (χ3n) is 1.51. The summed E-state index contributed by atoms with van der Waals surface area (Å²) in [5.41, 5.74) is 8.10. The second-order valence-electron chi connectivity index (χ2n) is 3.28. The van der Waals surface area contributed by atoms with Gasteiger partial charge in [-0.1, -0.05) is 12.0 Å². The lowest BCUT2D eigenvalue weighted by molar-refractivity contribution is -0.144. The van der Waals surface area contributed by atoms with Crippen LogP contribution in [0.2, 0.25) is 0 Å². The maximum absolute atomic E-state index is 11.1. The van der Waals surface area contributed by atoms with Gasteiger partial charge in [-0.3, -0.25) is 4.79 Å². The molecule has 0 bridgehead atoms. The van der Waals surface area contributed by atoms with E-state index in [2.05, 4.69) is 10.0 Å². The van der Waals surface area contributed by atoms with Crippen molar-refractivity contribution in [1.82, 2.24) is 4.90 Å². The Bertz CT molecular complexity index is 223. The number of ether oxygens (including phenoxy) is 1. The highest BCUT2D eigenvalue weighted by Crippen LogP contribution is 1.98. The monoisotopic (exact) mass is 200 g/mol. The molecule has 0 aliphatic carbocycles. The molecule has 14 heavy (non-hydrogen) atoms. The van der Waals surface area contributed by atoms with E-state index in [4.69, 9.17) is 10.3 Å². The Morgan fingerprint density at radius 3 is 2.79 bits per heavy atom. The van der Waals surface area contributed by atoms with Gasteiger partial charge < -0.3 is 9.64 Å². The Hall–Kier alpha value is -1.26. The standard InChI is InChI=1S/C8H16N4O2/c1-7(10-11-9)6-8(13)14-5-4-12(2)3/h7H,4-6H2,1-3H3. The van der Waals surface area contributed by atoms with E-state index < -0.39 is 0 Å². The van der Waals surface area contributed by atoms with Gasteiger partial charge in [-0.05, 0) is 19.6 Å². The third-order valence-corrected chi connectivity index (χ3v) is 1.51. The number of carbonyl (C=O) groups excluding carboxylic acids is 1. The van der Waals surface area contributed by atoms with E-state index in [1.54, 1.807) is 6.92 Å². The molecule has 0 aromatic carbocycles. The molecule has 1 unspecified atom stereocenters. The first-order chi connectivity index (χ1) is 6.56. The highest BCUT2D eigenvalue weighted by atomic mass is 16.5. The lowest BCUT2D eigenvalue weighted by Gasteiger charge is -2.10. The van der Waals surface area contributed by atoms with Crippen LogP contribution in [-0.2, 0) is 9.53 Å². The molecule has 1 atom stereocenters. The molecule has 0 spiro atoms. The van der Waals surface area contributed by atoms with Crippen LogP contribution in [0.25, 0.3) is 10.4 Å². The van der Waals surface area contributed by atoms with Crippen LogP contribution in [0.3, 0.4) is 0 Å². The molecule has 0 aromatic rings. The van der Waals surface area contributed by atoms with Crippen LogP contribution < -0.4 is 0 Å². The van der Waals surface area contributed by atoms with Gasteiger partial charge in [0.1, 0.15) is 6.61 Å². The quantitative estimate of drug-likeness (QED) is 0.279. The van der Waals surface area contributed by atoms with Crippen molar-refractivity contribution in [3.05, 3.63) is 10.4 Å². The molecule has 0 rings (SSSR count). The molecule has 80 valence electrons. The van der Waals surface area contributed by atoms with Gasteiger partial charge in [-0.15, -0.1) is 0 Å². The third kappa shape index (κ3) is 7.39.